The van der Waals surface area contributed by atoms with Crippen LogP contribution in [0.4, 0.5) is 11.5 Å². The highest BCUT2D eigenvalue weighted by Gasteiger charge is 2.17. The second-order valence-electron chi connectivity index (χ2n) is 6.42. The van der Waals surface area contributed by atoms with Gasteiger partial charge in [-0.1, -0.05) is 18.2 Å². The van der Waals surface area contributed by atoms with E-state index in [0.717, 1.165) is 27.4 Å². The molecule has 0 bridgehead atoms. The SMILES string of the molecule is Cc1nn(-c2ccccc2)c2sc(C(=O)Nc3ccc(N(C)C)nc3)cc12. The fourth-order valence-electron chi connectivity index (χ4n) is 2.82. The third-order valence-corrected chi connectivity index (χ3v) is 5.34. The molecule has 27 heavy (non-hydrogen) atoms. The number of amides is 1. The molecule has 0 spiro atoms. The summed E-state index contributed by atoms with van der Waals surface area (Å²) in [5, 5.41) is 8.52. The largest absolute Gasteiger partial charge is 0.363 e. The molecule has 1 N–H and O–H groups in total. The van der Waals surface area contributed by atoms with Gasteiger partial charge in [0.1, 0.15) is 10.6 Å². The van der Waals surface area contributed by atoms with Crippen LogP contribution in [-0.4, -0.2) is 34.8 Å². The van der Waals surface area contributed by atoms with E-state index in [-0.39, 0.29) is 5.91 Å². The Hall–Kier alpha value is -3.19. The first-order valence-electron chi connectivity index (χ1n) is 8.52. The fourth-order valence-corrected chi connectivity index (χ4v) is 3.90. The smallest absolute Gasteiger partial charge is 0.265 e. The van der Waals surface area contributed by atoms with Gasteiger partial charge in [0.05, 0.1) is 28.1 Å². The number of rotatable bonds is 4. The number of aromatic nitrogens is 3. The Labute approximate surface area is 161 Å². The molecule has 0 aliphatic carbocycles. The van der Waals surface area contributed by atoms with Gasteiger partial charge in [-0.15, -0.1) is 11.3 Å². The maximum absolute atomic E-state index is 12.7. The molecule has 7 heteroatoms. The molecular formula is C20H19N5OS. The van der Waals surface area contributed by atoms with E-state index in [1.54, 1.807) is 6.20 Å². The normalized spacial score (nSPS) is 10.9. The van der Waals surface area contributed by atoms with Gasteiger partial charge >= 0.3 is 0 Å². The summed E-state index contributed by atoms with van der Waals surface area (Å²) in [5.41, 5.74) is 2.55. The van der Waals surface area contributed by atoms with Crippen LogP contribution in [0.3, 0.4) is 0 Å². The van der Waals surface area contributed by atoms with E-state index in [2.05, 4.69) is 15.4 Å². The summed E-state index contributed by atoms with van der Waals surface area (Å²) in [6, 6.07) is 15.6. The summed E-state index contributed by atoms with van der Waals surface area (Å²) in [7, 11) is 3.85. The molecule has 0 saturated carbocycles. The average Bonchev–Trinajstić information content (AvgIpc) is 3.24. The number of nitrogens with one attached hydrogen (secondary N) is 1. The predicted octanol–water partition coefficient (Wildman–Crippen LogP) is 4.11. The topological polar surface area (TPSA) is 63.1 Å². The molecule has 0 aliphatic heterocycles. The molecule has 0 fully saturated rings. The Morgan fingerprint density at radius 3 is 2.59 bits per heavy atom. The molecule has 6 nitrogen and oxygen atoms in total. The van der Waals surface area contributed by atoms with Crippen LogP contribution in [0, 0.1) is 6.92 Å². The molecule has 1 amide bonds. The number of aryl methyl sites for hydroxylation is 1. The highest BCUT2D eigenvalue weighted by atomic mass is 32.1. The molecular weight excluding hydrogens is 358 g/mol. The number of pyridine rings is 1. The predicted molar refractivity (Wildman–Crippen MR) is 110 cm³/mol. The van der Waals surface area contributed by atoms with Crippen molar-refractivity contribution in [1.29, 1.82) is 0 Å². The van der Waals surface area contributed by atoms with Crippen molar-refractivity contribution >= 4 is 39.0 Å². The van der Waals surface area contributed by atoms with Gasteiger partial charge in [0, 0.05) is 19.5 Å². The molecule has 4 rings (SSSR count). The molecule has 136 valence electrons. The monoisotopic (exact) mass is 377 g/mol. The van der Waals surface area contributed by atoms with E-state index >= 15 is 0 Å². The van der Waals surface area contributed by atoms with E-state index in [4.69, 9.17) is 0 Å². The number of para-hydroxylation sites is 1. The summed E-state index contributed by atoms with van der Waals surface area (Å²) in [6.07, 6.45) is 1.66. The van der Waals surface area contributed by atoms with Crippen LogP contribution >= 0.6 is 11.3 Å². The van der Waals surface area contributed by atoms with Crippen LogP contribution < -0.4 is 10.2 Å². The van der Waals surface area contributed by atoms with Crippen molar-refractivity contribution in [1.82, 2.24) is 14.8 Å². The average molecular weight is 377 g/mol. The molecule has 3 heterocycles. The van der Waals surface area contributed by atoms with Crippen LogP contribution in [0.5, 0.6) is 0 Å². The summed E-state index contributed by atoms with van der Waals surface area (Å²) in [5.74, 6) is 0.697. The van der Waals surface area contributed by atoms with E-state index < -0.39 is 0 Å². The Bertz CT molecular complexity index is 1100. The maximum Gasteiger partial charge on any atom is 0.265 e. The van der Waals surface area contributed by atoms with Crippen molar-refractivity contribution in [3.8, 4) is 5.69 Å². The number of carbonyl (C=O) groups is 1. The van der Waals surface area contributed by atoms with Gasteiger partial charge in [-0.25, -0.2) is 9.67 Å². The summed E-state index contributed by atoms with van der Waals surface area (Å²) < 4.78 is 1.89. The zero-order valence-corrected chi connectivity index (χ0v) is 16.1. The minimum Gasteiger partial charge on any atom is -0.363 e. The number of carbonyl (C=O) groups excluding carboxylic acids is 1. The van der Waals surface area contributed by atoms with E-state index in [1.165, 1.54) is 11.3 Å². The van der Waals surface area contributed by atoms with Gasteiger partial charge in [0.2, 0.25) is 0 Å². The Kier molecular flexibility index (Phi) is 4.37. The number of hydrogen-bond donors (Lipinski definition) is 1. The van der Waals surface area contributed by atoms with Crippen molar-refractivity contribution < 1.29 is 4.79 Å². The van der Waals surface area contributed by atoms with Gasteiger partial charge in [-0.2, -0.15) is 5.10 Å². The first kappa shape index (κ1) is 17.2. The van der Waals surface area contributed by atoms with Crippen LogP contribution in [0.25, 0.3) is 15.9 Å². The fraction of sp³-hybridized carbons (Fsp3) is 0.150. The first-order valence-corrected chi connectivity index (χ1v) is 9.34. The number of nitrogens with zero attached hydrogens (tertiary/aromatic N) is 4. The zero-order chi connectivity index (χ0) is 19.0. The van der Waals surface area contributed by atoms with Crippen LogP contribution in [0.2, 0.25) is 0 Å². The molecule has 0 radical (unpaired) electrons. The number of anilines is 2. The minimum atomic E-state index is -0.144. The lowest BCUT2D eigenvalue weighted by atomic mass is 10.3. The Morgan fingerprint density at radius 1 is 1.15 bits per heavy atom. The molecule has 0 saturated heterocycles. The standard InChI is InChI=1S/C20H19N5OS/c1-13-16-11-17(19(26)22-14-9-10-18(21-12-14)24(2)3)27-20(16)25(23-13)15-7-5-4-6-8-15/h4-12H,1-3H3,(H,22,26). The molecule has 0 unspecified atom stereocenters. The van der Waals surface area contributed by atoms with Crippen molar-refractivity contribution in [3.63, 3.8) is 0 Å². The van der Waals surface area contributed by atoms with Crippen LogP contribution in [0.1, 0.15) is 15.4 Å². The summed E-state index contributed by atoms with van der Waals surface area (Å²) in [6.45, 7) is 1.96. The third-order valence-electron chi connectivity index (χ3n) is 4.23. The Morgan fingerprint density at radius 2 is 1.93 bits per heavy atom. The van der Waals surface area contributed by atoms with Gasteiger partial charge in [-0.3, -0.25) is 4.79 Å². The lowest BCUT2D eigenvalue weighted by molar-refractivity contribution is 0.103. The van der Waals surface area contributed by atoms with Crippen molar-refractivity contribution in [2.45, 2.75) is 6.92 Å². The highest BCUT2D eigenvalue weighted by Crippen LogP contribution is 2.30. The lowest BCUT2D eigenvalue weighted by Gasteiger charge is -2.11. The van der Waals surface area contributed by atoms with Crippen LogP contribution in [0.15, 0.2) is 54.7 Å². The van der Waals surface area contributed by atoms with Gasteiger partial charge < -0.3 is 10.2 Å². The second-order valence-corrected chi connectivity index (χ2v) is 7.45. The lowest BCUT2D eigenvalue weighted by Crippen LogP contribution is -2.12. The number of fused-ring (bicyclic) bond motifs is 1. The molecule has 0 atom stereocenters. The number of hydrogen-bond acceptors (Lipinski definition) is 5. The van der Waals surface area contributed by atoms with Gasteiger partial charge in [0.15, 0.2) is 0 Å². The zero-order valence-electron chi connectivity index (χ0n) is 15.3. The second kappa shape index (κ2) is 6.85. The number of benzene rings is 1. The van der Waals surface area contributed by atoms with Crippen molar-refractivity contribution in [2.24, 2.45) is 0 Å². The van der Waals surface area contributed by atoms with E-state index in [0.29, 0.717) is 10.6 Å². The van der Waals surface area contributed by atoms with E-state index in [1.807, 2.05) is 79.1 Å². The maximum atomic E-state index is 12.7. The van der Waals surface area contributed by atoms with Crippen LogP contribution in [-0.2, 0) is 0 Å². The quantitative estimate of drug-likeness (QED) is 0.581. The van der Waals surface area contributed by atoms with Crippen molar-refractivity contribution in [3.05, 3.63) is 65.3 Å². The van der Waals surface area contributed by atoms with E-state index in [9.17, 15) is 4.79 Å². The van der Waals surface area contributed by atoms with Crippen molar-refractivity contribution in [2.75, 3.05) is 24.3 Å². The first-order chi connectivity index (χ1) is 13.0. The highest BCUT2D eigenvalue weighted by molar-refractivity contribution is 7.20. The summed E-state index contributed by atoms with van der Waals surface area (Å²) >= 11 is 1.43. The molecule has 0 aliphatic rings. The van der Waals surface area contributed by atoms with Gasteiger partial charge in [0.25, 0.3) is 5.91 Å². The molecule has 4 aromatic rings. The summed E-state index contributed by atoms with van der Waals surface area (Å²) in [4.78, 5) is 20.5. The van der Waals surface area contributed by atoms with Gasteiger partial charge in [-0.05, 0) is 37.3 Å². The number of thiophene rings is 1. The third kappa shape index (κ3) is 3.29. The molecule has 3 aromatic heterocycles. The minimum absolute atomic E-state index is 0.144. The Balaban J connectivity index is 1.63. The molecule has 1 aromatic carbocycles.